The fraction of sp³-hybridized carbons (Fsp3) is 0.222. The van der Waals surface area contributed by atoms with Crippen LogP contribution in [-0.4, -0.2) is 6.61 Å². The molecule has 0 unspecified atom stereocenters. The van der Waals surface area contributed by atoms with Crippen LogP contribution in [0.4, 0.5) is 22.0 Å². The van der Waals surface area contributed by atoms with Crippen molar-refractivity contribution in [2.45, 2.75) is 12.8 Å². The largest absolute Gasteiger partial charge is 0.435 e. The molecule has 0 bridgehead atoms. The molecule has 1 aromatic carbocycles. The van der Waals surface area contributed by atoms with Crippen LogP contribution in [0.2, 0.25) is 0 Å². The van der Waals surface area contributed by atoms with Crippen molar-refractivity contribution >= 4 is 0 Å². The summed E-state index contributed by atoms with van der Waals surface area (Å²) in [7, 11) is 0. The highest BCUT2D eigenvalue weighted by molar-refractivity contribution is 5.44. The molecule has 0 atom stereocenters. The van der Waals surface area contributed by atoms with Gasteiger partial charge in [0, 0.05) is 0 Å². The summed E-state index contributed by atoms with van der Waals surface area (Å²) in [5.41, 5.74) is -1.94. The van der Waals surface area contributed by atoms with Crippen molar-refractivity contribution in [2.75, 3.05) is 0 Å². The maximum absolute atomic E-state index is 12.4. The molecule has 0 N–H and O–H groups in total. The maximum Gasteiger partial charge on any atom is 0.417 e. The molecule has 2 nitrogen and oxygen atoms in total. The van der Waals surface area contributed by atoms with E-state index in [1.807, 2.05) is 0 Å². The van der Waals surface area contributed by atoms with Gasteiger partial charge in [-0.25, -0.2) is 0 Å². The maximum atomic E-state index is 12.4. The first-order chi connectivity index (χ1) is 7.34. The van der Waals surface area contributed by atoms with E-state index in [2.05, 4.69) is 4.74 Å². The monoisotopic (exact) mass is 237 g/mol. The summed E-state index contributed by atoms with van der Waals surface area (Å²) in [5, 5.41) is 8.42. The number of alkyl halides is 5. The average Bonchev–Trinajstić information content (AvgIpc) is 2.15. The zero-order valence-electron chi connectivity index (χ0n) is 7.55. The topological polar surface area (TPSA) is 33.0 Å². The van der Waals surface area contributed by atoms with Crippen molar-refractivity contribution in [3.63, 3.8) is 0 Å². The molecule has 0 saturated carbocycles. The highest BCUT2D eigenvalue weighted by Crippen LogP contribution is 2.34. The summed E-state index contributed by atoms with van der Waals surface area (Å²) in [6, 6.07) is 3.34. The van der Waals surface area contributed by atoms with Crippen LogP contribution in [0.25, 0.3) is 0 Å². The Kier molecular flexibility index (Phi) is 3.32. The Labute approximate surface area is 86.9 Å². The number of nitrogens with zero attached hydrogens (tertiary/aromatic N) is 1. The number of rotatable bonds is 2. The summed E-state index contributed by atoms with van der Waals surface area (Å²) >= 11 is 0. The van der Waals surface area contributed by atoms with E-state index in [-0.39, 0.29) is 0 Å². The Bertz CT molecular complexity index is 421. The third-order valence-electron chi connectivity index (χ3n) is 1.64. The molecule has 0 spiro atoms. The Morgan fingerprint density at radius 2 is 1.88 bits per heavy atom. The first-order valence-electron chi connectivity index (χ1n) is 3.90. The Hall–Kier alpha value is -1.84. The first-order valence-corrected chi connectivity index (χ1v) is 3.90. The van der Waals surface area contributed by atoms with Crippen molar-refractivity contribution in [3.05, 3.63) is 29.3 Å². The fourth-order valence-electron chi connectivity index (χ4n) is 1.03. The summed E-state index contributed by atoms with van der Waals surface area (Å²) < 4.78 is 64.4. The third-order valence-corrected chi connectivity index (χ3v) is 1.64. The average molecular weight is 237 g/mol. The van der Waals surface area contributed by atoms with Crippen LogP contribution in [0.3, 0.4) is 0 Å². The minimum Gasteiger partial charge on any atom is -0.435 e. The van der Waals surface area contributed by atoms with Crippen molar-refractivity contribution < 1.29 is 26.7 Å². The quantitative estimate of drug-likeness (QED) is 0.740. The summed E-state index contributed by atoms with van der Waals surface area (Å²) in [4.78, 5) is 0. The second-order valence-corrected chi connectivity index (χ2v) is 2.70. The molecular weight excluding hydrogens is 233 g/mol. The third kappa shape index (κ3) is 2.82. The lowest BCUT2D eigenvalue weighted by molar-refractivity contribution is -0.138. The summed E-state index contributed by atoms with van der Waals surface area (Å²) in [6.07, 6.45) is -4.79. The molecule has 0 saturated heterocycles. The molecule has 0 aliphatic heterocycles. The summed E-state index contributed by atoms with van der Waals surface area (Å²) in [6.45, 7) is -3.21. The molecular formula is C9H4F5NO. The van der Waals surface area contributed by atoms with Crippen molar-refractivity contribution in [1.82, 2.24) is 0 Å². The van der Waals surface area contributed by atoms with Crippen LogP contribution in [0, 0.1) is 11.3 Å². The first kappa shape index (κ1) is 12.2. The van der Waals surface area contributed by atoms with Gasteiger partial charge in [-0.1, -0.05) is 0 Å². The number of halogens is 5. The van der Waals surface area contributed by atoms with Gasteiger partial charge in [0.1, 0.15) is 5.75 Å². The van der Waals surface area contributed by atoms with Crippen molar-refractivity contribution in [2.24, 2.45) is 0 Å². The van der Waals surface area contributed by atoms with E-state index < -0.39 is 29.7 Å². The van der Waals surface area contributed by atoms with Crippen LogP contribution < -0.4 is 4.74 Å². The van der Waals surface area contributed by atoms with Gasteiger partial charge in [0.2, 0.25) is 0 Å². The van der Waals surface area contributed by atoms with Crippen LogP contribution in [0.1, 0.15) is 11.1 Å². The van der Waals surface area contributed by atoms with Gasteiger partial charge < -0.3 is 4.74 Å². The molecule has 1 aromatic rings. The second-order valence-electron chi connectivity index (χ2n) is 2.70. The lowest BCUT2D eigenvalue weighted by atomic mass is 10.1. The highest BCUT2D eigenvalue weighted by Gasteiger charge is 2.34. The minimum atomic E-state index is -4.79. The van der Waals surface area contributed by atoms with E-state index in [9.17, 15) is 22.0 Å². The molecule has 16 heavy (non-hydrogen) atoms. The molecule has 0 fully saturated rings. The van der Waals surface area contributed by atoms with Crippen molar-refractivity contribution in [1.29, 1.82) is 5.26 Å². The van der Waals surface area contributed by atoms with Crippen molar-refractivity contribution in [3.8, 4) is 11.8 Å². The van der Waals surface area contributed by atoms with Gasteiger partial charge in [0.05, 0.1) is 17.2 Å². The van der Waals surface area contributed by atoms with Crippen LogP contribution in [0.15, 0.2) is 18.2 Å². The lowest BCUT2D eigenvalue weighted by Gasteiger charge is -2.11. The Morgan fingerprint density at radius 3 is 2.31 bits per heavy atom. The van der Waals surface area contributed by atoms with Gasteiger partial charge in [-0.3, -0.25) is 0 Å². The minimum absolute atomic E-state index is 0.366. The van der Waals surface area contributed by atoms with Crippen LogP contribution >= 0.6 is 0 Å². The highest BCUT2D eigenvalue weighted by atomic mass is 19.4. The molecule has 1 rings (SSSR count). The van der Waals surface area contributed by atoms with E-state index in [1.165, 1.54) is 6.07 Å². The molecule has 0 aliphatic carbocycles. The van der Waals surface area contributed by atoms with Gasteiger partial charge in [0.15, 0.2) is 0 Å². The Balaban J connectivity index is 3.18. The van der Waals surface area contributed by atoms with Gasteiger partial charge >= 0.3 is 12.8 Å². The van der Waals surface area contributed by atoms with E-state index >= 15 is 0 Å². The smallest absolute Gasteiger partial charge is 0.417 e. The zero-order chi connectivity index (χ0) is 12.3. The SMILES string of the molecule is N#Cc1ccc(OC(F)F)cc1C(F)(F)F. The number of nitriles is 1. The molecule has 86 valence electrons. The van der Waals surface area contributed by atoms with E-state index in [1.54, 1.807) is 0 Å². The van der Waals surface area contributed by atoms with E-state index in [4.69, 9.17) is 5.26 Å². The van der Waals surface area contributed by atoms with E-state index in [0.717, 1.165) is 12.1 Å². The standard InChI is InChI=1S/C9H4F5NO/c10-8(11)16-6-2-1-5(4-15)7(3-6)9(12,13)14/h1-3,8H. The van der Waals surface area contributed by atoms with Gasteiger partial charge in [-0.2, -0.15) is 27.2 Å². The molecule has 0 aliphatic rings. The molecule has 7 heteroatoms. The predicted molar refractivity (Wildman–Crippen MR) is 42.8 cm³/mol. The number of hydrogen-bond acceptors (Lipinski definition) is 2. The lowest BCUT2D eigenvalue weighted by Crippen LogP contribution is -2.09. The predicted octanol–water partition coefficient (Wildman–Crippen LogP) is 3.18. The number of benzene rings is 1. The molecule has 0 amide bonds. The Morgan fingerprint density at radius 1 is 1.25 bits per heavy atom. The van der Waals surface area contributed by atoms with Crippen LogP contribution in [0.5, 0.6) is 5.75 Å². The normalized spacial score (nSPS) is 11.3. The number of ether oxygens (including phenoxy) is 1. The molecule has 0 heterocycles. The second kappa shape index (κ2) is 4.35. The number of hydrogen-bond donors (Lipinski definition) is 0. The van der Waals surface area contributed by atoms with E-state index in [0.29, 0.717) is 6.07 Å². The van der Waals surface area contributed by atoms with Gasteiger partial charge in [0.25, 0.3) is 0 Å². The van der Waals surface area contributed by atoms with Crippen LogP contribution in [-0.2, 0) is 6.18 Å². The summed E-state index contributed by atoms with van der Waals surface area (Å²) in [5.74, 6) is -0.638. The zero-order valence-corrected chi connectivity index (χ0v) is 7.55. The van der Waals surface area contributed by atoms with Gasteiger partial charge in [-0.05, 0) is 18.2 Å². The van der Waals surface area contributed by atoms with Gasteiger partial charge in [-0.15, -0.1) is 0 Å². The molecule has 0 aromatic heterocycles. The fourth-order valence-corrected chi connectivity index (χ4v) is 1.03. The molecule has 0 radical (unpaired) electrons.